The van der Waals surface area contributed by atoms with E-state index in [9.17, 15) is 27.2 Å². The first-order chi connectivity index (χ1) is 13.2. The lowest BCUT2D eigenvalue weighted by atomic mass is 9.72. The smallest absolute Gasteiger partial charge is 0.323 e. The van der Waals surface area contributed by atoms with Crippen LogP contribution in [0.5, 0.6) is 0 Å². The zero-order valence-electron chi connectivity index (χ0n) is 15.9. The van der Waals surface area contributed by atoms with Crippen molar-refractivity contribution in [2.75, 3.05) is 25.2 Å². The van der Waals surface area contributed by atoms with Crippen molar-refractivity contribution in [1.82, 2.24) is 4.98 Å². The van der Waals surface area contributed by atoms with E-state index in [1.54, 1.807) is 13.8 Å². The number of pyridine rings is 1. The van der Waals surface area contributed by atoms with Crippen LogP contribution in [0.25, 0.3) is 0 Å². The van der Waals surface area contributed by atoms with E-state index in [1.807, 2.05) is 0 Å². The number of carbonyl (C=O) groups excluding carboxylic acids is 2. The molecule has 1 aliphatic rings. The largest absolute Gasteiger partial charge is 0.465 e. The summed E-state index contributed by atoms with van der Waals surface area (Å²) in [6, 6.07) is -0.567. The van der Waals surface area contributed by atoms with Crippen LogP contribution < -0.4 is 4.90 Å². The lowest BCUT2D eigenvalue weighted by molar-refractivity contribution is -0.175. The molecule has 0 aliphatic heterocycles. The Balaban J connectivity index is 2.26. The van der Waals surface area contributed by atoms with Gasteiger partial charge in [0, 0.05) is 13.1 Å². The minimum absolute atomic E-state index is 0.0129. The fraction of sp³-hybridized carbons (Fsp3) is 0.611. The zero-order valence-corrected chi connectivity index (χ0v) is 15.9. The van der Waals surface area contributed by atoms with E-state index in [0.717, 1.165) is 4.90 Å². The average molecular weight is 406 g/mol. The SMILES string of the molecule is CCOC(=O)C1(C(=O)OCC)CCC(N(C)c2c(F)c(F)nc(F)c2F)CC1. The lowest BCUT2D eigenvalue weighted by Gasteiger charge is -2.40. The van der Waals surface area contributed by atoms with Crippen LogP contribution in [0.3, 0.4) is 0 Å². The predicted octanol–water partition coefficient (Wildman–Crippen LogP) is 3.13. The maximum absolute atomic E-state index is 14.0. The van der Waals surface area contributed by atoms with E-state index in [0.29, 0.717) is 0 Å². The highest BCUT2D eigenvalue weighted by Gasteiger charge is 2.51. The first-order valence-electron chi connectivity index (χ1n) is 8.96. The van der Waals surface area contributed by atoms with Crippen LogP contribution in [0.15, 0.2) is 0 Å². The topological polar surface area (TPSA) is 68.7 Å². The van der Waals surface area contributed by atoms with E-state index in [1.165, 1.54) is 7.05 Å². The van der Waals surface area contributed by atoms with Gasteiger partial charge in [-0.3, -0.25) is 9.59 Å². The van der Waals surface area contributed by atoms with Gasteiger partial charge in [-0.25, -0.2) is 0 Å². The molecule has 1 fully saturated rings. The molecular formula is C18H22F4N2O4. The first kappa shape index (κ1) is 21.9. The summed E-state index contributed by atoms with van der Waals surface area (Å²) < 4.78 is 64.9. The van der Waals surface area contributed by atoms with Gasteiger partial charge in [-0.15, -0.1) is 0 Å². The fourth-order valence-electron chi connectivity index (χ4n) is 3.48. The van der Waals surface area contributed by atoms with Crippen molar-refractivity contribution >= 4 is 17.6 Å². The van der Waals surface area contributed by atoms with Crippen molar-refractivity contribution in [3.63, 3.8) is 0 Å². The summed E-state index contributed by atoms with van der Waals surface area (Å²) in [6.07, 6.45) is 0.328. The number of aromatic nitrogens is 1. The van der Waals surface area contributed by atoms with E-state index in [4.69, 9.17) is 9.47 Å². The van der Waals surface area contributed by atoms with Crippen LogP contribution in [-0.4, -0.2) is 43.2 Å². The Kier molecular flexibility index (Phi) is 6.84. The molecule has 1 saturated carbocycles. The van der Waals surface area contributed by atoms with E-state index in [2.05, 4.69) is 4.98 Å². The molecule has 28 heavy (non-hydrogen) atoms. The van der Waals surface area contributed by atoms with Gasteiger partial charge in [0.05, 0.1) is 13.2 Å². The molecule has 0 spiro atoms. The molecule has 1 aliphatic carbocycles. The second-order valence-electron chi connectivity index (χ2n) is 6.54. The third-order valence-corrected chi connectivity index (χ3v) is 5.02. The number of carbonyl (C=O) groups is 2. The Bertz CT molecular complexity index is 705. The Morgan fingerprint density at radius 2 is 1.43 bits per heavy atom. The second-order valence-corrected chi connectivity index (χ2v) is 6.54. The van der Waals surface area contributed by atoms with Crippen molar-refractivity contribution in [3.8, 4) is 0 Å². The Hall–Kier alpha value is -2.39. The molecule has 1 aromatic heterocycles. The van der Waals surface area contributed by atoms with Crippen molar-refractivity contribution in [1.29, 1.82) is 0 Å². The fourth-order valence-corrected chi connectivity index (χ4v) is 3.48. The highest BCUT2D eigenvalue weighted by atomic mass is 19.2. The molecule has 0 radical (unpaired) electrons. The molecule has 0 saturated heterocycles. The molecule has 1 aromatic rings. The molecule has 0 unspecified atom stereocenters. The monoisotopic (exact) mass is 406 g/mol. The molecule has 0 amide bonds. The Morgan fingerprint density at radius 3 is 1.82 bits per heavy atom. The van der Waals surface area contributed by atoms with E-state index < -0.39 is 52.6 Å². The lowest BCUT2D eigenvalue weighted by Crippen LogP contribution is -2.48. The number of rotatable bonds is 6. The molecular weight excluding hydrogens is 384 g/mol. The molecule has 2 rings (SSSR count). The van der Waals surface area contributed by atoms with Crippen LogP contribution in [0.2, 0.25) is 0 Å². The maximum Gasteiger partial charge on any atom is 0.323 e. The van der Waals surface area contributed by atoms with Crippen molar-refractivity contribution in [2.24, 2.45) is 5.41 Å². The predicted molar refractivity (Wildman–Crippen MR) is 90.4 cm³/mol. The van der Waals surface area contributed by atoms with Crippen molar-refractivity contribution < 1.29 is 36.6 Å². The highest BCUT2D eigenvalue weighted by Crippen LogP contribution is 2.41. The van der Waals surface area contributed by atoms with E-state index >= 15 is 0 Å². The highest BCUT2D eigenvalue weighted by molar-refractivity contribution is 6.00. The number of halogens is 4. The standard InChI is InChI=1S/C18H22F4N2O4/c1-4-27-16(25)18(17(26)28-5-2)8-6-10(7-9-18)24(3)13-11(19)14(21)23-15(22)12(13)20/h10H,4-9H2,1-3H3. The minimum Gasteiger partial charge on any atom is -0.465 e. The van der Waals surface area contributed by atoms with Gasteiger partial charge in [0.25, 0.3) is 11.9 Å². The molecule has 0 bridgehead atoms. The van der Waals surface area contributed by atoms with Crippen LogP contribution in [0.4, 0.5) is 23.2 Å². The summed E-state index contributed by atoms with van der Waals surface area (Å²) >= 11 is 0. The molecule has 0 N–H and O–H groups in total. The van der Waals surface area contributed by atoms with Crippen LogP contribution in [-0.2, 0) is 19.1 Å². The summed E-state index contributed by atoms with van der Waals surface area (Å²) in [5.74, 6) is -8.13. The van der Waals surface area contributed by atoms with Crippen molar-refractivity contribution in [3.05, 3.63) is 23.5 Å². The number of esters is 2. The number of nitrogens with zero attached hydrogens (tertiary/aromatic N) is 2. The minimum atomic E-state index is -1.75. The average Bonchev–Trinajstić information content (AvgIpc) is 2.67. The molecule has 0 aromatic carbocycles. The number of hydrogen-bond donors (Lipinski definition) is 0. The van der Waals surface area contributed by atoms with Gasteiger partial charge in [-0.2, -0.15) is 22.5 Å². The maximum atomic E-state index is 14.0. The third kappa shape index (κ3) is 3.90. The van der Waals surface area contributed by atoms with Gasteiger partial charge in [-0.1, -0.05) is 0 Å². The first-order valence-corrected chi connectivity index (χ1v) is 8.96. The van der Waals surface area contributed by atoms with Crippen LogP contribution >= 0.6 is 0 Å². The molecule has 1 heterocycles. The molecule has 156 valence electrons. The summed E-state index contributed by atoms with van der Waals surface area (Å²) in [6.45, 7) is 3.37. The quantitative estimate of drug-likeness (QED) is 0.313. The Morgan fingerprint density at radius 1 is 1.00 bits per heavy atom. The second kappa shape index (κ2) is 8.74. The van der Waals surface area contributed by atoms with Gasteiger partial charge in [-0.05, 0) is 39.5 Å². The summed E-state index contributed by atoms with van der Waals surface area (Å²) in [7, 11) is 1.28. The van der Waals surface area contributed by atoms with Gasteiger partial charge in [0.1, 0.15) is 5.69 Å². The van der Waals surface area contributed by atoms with Gasteiger partial charge in [0.15, 0.2) is 5.41 Å². The third-order valence-electron chi connectivity index (χ3n) is 5.02. The van der Waals surface area contributed by atoms with Gasteiger partial charge in [0.2, 0.25) is 11.6 Å². The van der Waals surface area contributed by atoms with Crippen LogP contribution in [0, 0.1) is 28.9 Å². The number of hydrogen-bond acceptors (Lipinski definition) is 6. The van der Waals surface area contributed by atoms with Gasteiger partial charge >= 0.3 is 11.9 Å². The zero-order chi connectivity index (χ0) is 21.1. The summed E-state index contributed by atoms with van der Waals surface area (Å²) in [4.78, 5) is 28.4. The summed E-state index contributed by atoms with van der Waals surface area (Å²) in [5, 5.41) is 0. The molecule has 0 atom stereocenters. The normalized spacial score (nSPS) is 16.5. The molecule has 6 nitrogen and oxygen atoms in total. The Labute approximate surface area is 159 Å². The van der Waals surface area contributed by atoms with Crippen molar-refractivity contribution in [2.45, 2.75) is 45.6 Å². The molecule has 10 heteroatoms. The number of anilines is 1. The summed E-state index contributed by atoms with van der Waals surface area (Å²) in [5.41, 5.74) is -2.38. The van der Waals surface area contributed by atoms with Gasteiger partial charge < -0.3 is 14.4 Å². The van der Waals surface area contributed by atoms with E-state index in [-0.39, 0.29) is 38.9 Å². The van der Waals surface area contributed by atoms with Crippen LogP contribution in [0.1, 0.15) is 39.5 Å². The number of ether oxygens (including phenoxy) is 2.